The molecule has 3 aromatic rings. The van der Waals surface area contributed by atoms with Gasteiger partial charge < -0.3 is 25.4 Å². The van der Waals surface area contributed by atoms with Gasteiger partial charge in [0, 0.05) is 31.3 Å². The van der Waals surface area contributed by atoms with Gasteiger partial charge in [0.1, 0.15) is 0 Å². The Labute approximate surface area is 254 Å². The van der Waals surface area contributed by atoms with E-state index in [-0.39, 0.29) is 0 Å². The SMILES string of the molecule is Cc1cc(C2=CCNCC2)ccc1-c1nnc(-c2ccc(C3=CCNCC3)cc2)n1C.O=C(O)C(F)(F)F.O=C(O)C(F)(F)F. The van der Waals surface area contributed by atoms with Crippen molar-refractivity contribution in [1.29, 1.82) is 0 Å². The molecule has 0 radical (unpaired) electrons. The first-order valence-corrected chi connectivity index (χ1v) is 13.6. The molecule has 2 aliphatic heterocycles. The van der Waals surface area contributed by atoms with E-state index in [0.717, 1.165) is 61.8 Å². The van der Waals surface area contributed by atoms with Crippen LogP contribution in [0, 0.1) is 6.92 Å². The Hall–Kier alpha value is -4.50. The summed E-state index contributed by atoms with van der Waals surface area (Å²) in [6, 6.07) is 15.4. The van der Waals surface area contributed by atoms with Gasteiger partial charge in [0.25, 0.3) is 0 Å². The summed E-state index contributed by atoms with van der Waals surface area (Å²) in [5, 5.41) is 30.1. The van der Waals surface area contributed by atoms with Crippen molar-refractivity contribution in [2.24, 2.45) is 7.05 Å². The fraction of sp³-hybridized carbons (Fsp3) is 0.333. The van der Waals surface area contributed by atoms with E-state index < -0.39 is 24.3 Å². The molecule has 2 aromatic carbocycles. The first kappa shape index (κ1) is 35.0. The molecule has 1 aromatic heterocycles. The predicted octanol–water partition coefficient (Wildman–Crippen LogP) is 5.48. The summed E-state index contributed by atoms with van der Waals surface area (Å²) in [4.78, 5) is 17.8. The summed E-state index contributed by atoms with van der Waals surface area (Å²) in [6.45, 7) is 6.17. The highest BCUT2D eigenvalue weighted by molar-refractivity contribution is 5.74. The molecule has 242 valence electrons. The van der Waals surface area contributed by atoms with Crippen LogP contribution in [0.1, 0.15) is 29.5 Å². The zero-order chi connectivity index (χ0) is 33.4. The van der Waals surface area contributed by atoms with Crippen LogP contribution < -0.4 is 10.6 Å². The lowest BCUT2D eigenvalue weighted by molar-refractivity contribution is -0.193. The molecule has 15 heteroatoms. The molecular formula is C30H31F6N5O4. The van der Waals surface area contributed by atoms with Gasteiger partial charge in [-0.3, -0.25) is 0 Å². The number of aromatic nitrogens is 3. The van der Waals surface area contributed by atoms with E-state index in [0.29, 0.717) is 0 Å². The van der Waals surface area contributed by atoms with Gasteiger partial charge in [-0.15, -0.1) is 10.2 Å². The molecule has 0 saturated carbocycles. The van der Waals surface area contributed by atoms with Crippen LogP contribution in [-0.4, -0.2) is 75.4 Å². The minimum Gasteiger partial charge on any atom is -0.475 e. The average molecular weight is 640 g/mol. The average Bonchev–Trinajstić information content (AvgIpc) is 3.38. The Balaban J connectivity index is 0.000000331. The van der Waals surface area contributed by atoms with Crippen LogP contribution in [0.15, 0.2) is 54.6 Å². The zero-order valence-electron chi connectivity index (χ0n) is 24.3. The number of halogens is 6. The van der Waals surface area contributed by atoms with E-state index >= 15 is 0 Å². The van der Waals surface area contributed by atoms with Crippen LogP contribution in [0.3, 0.4) is 0 Å². The molecule has 45 heavy (non-hydrogen) atoms. The highest BCUT2D eigenvalue weighted by Crippen LogP contribution is 2.30. The number of hydrogen-bond acceptors (Lipinski definition) is 6. The Morgan fingerprint density at radius 1 is 0.733 bits per heavy atom. The van der Waals surface area contributed by atoms with Gasteiger partial charge in [-0.2, -0.15) is 26.3 Å². The quantitative estimate of drug-likeness (QED) is 0.277. The van der Waals surface area contributed by atoms with Gasteiger partial charge in [-0.05, 0) is 60.7 Å². The second-order valence-corrected chi connectivity index (χ2v) is 9.99. The van der Waals surface area contributed by atoms with Crippen molar-refractivity contribution in [3.63, 3.8) is 0 Å². The number of hydrogen-bond donors (Lipinski definition) is 4. The fourth-order valence-electron chi connectivity index (χ4n) is 4.53. The third kappa shape index (κ3) is 9.74. The van der Waals surface area contributed by atoms with E-state index in [2.05, 4.69) is 94.0 Å². The maximum absolute atomic E-state index is 10.6. The molecule has 4 N–H and O–H groups in total. The van der Waals surface area contributed by atoms with E-state index in [1.165, 1.54) is 27.8 Å². The number of aryl methyl sites for hydroxylation is 1. The molecule has 3 heterocycles. The van der Waals surface area contributed by atoms with Crippen LogP contribution in [-0.2, 0) is 16.6 Å². The van der Waals surface area contributed by atoms with Crippen LogP contribution in [0.4, 0.5) is 26.3 Å². The zero-order valence-corrected chi connectivity index (χ0v) is 24.3. The number of nitrogens with one attached hydrogen (secondary N) is 2. The van der Waals surface area contributed by atoms with Gasteiger partial charge in [-0.25, -0.2) is 9.59 Å². The number of carbonyl (C=O) groups is 2. The maximum Gasteiger partial charge on any atom is 0.490 e. The third-order valence-corrected chi connectivity index (χ3v) is 6.84. The molecule has 0 saturated heterocycles. The number of rotatable bonds is 4. The highest BCUT2D eigenvalue weighted by atomic mass is 19.4. The largest absolute Gasteiger partial charge is 0.490 e. The highest BCUT2D eigenvalue weighted by Gasteiger charge is 2.38. The van der Waals surface area contributed by atoms with Crippen molar-refractivity contribution in [2.75, 3.05) is 26.2 Å². The molecule has 0 amide bonds. The number of benzene rings is 2. The Kier molecular flexibility index (Phi) is 11.7. The lowest BCUT2D eigenvalue weighted by Crippen LogP contribution is -2.21. The molecular weight excluding hydrogens is 608 g/mol. The summed E-state index contributed by atoms with van der Waals surface area (Å²) in [7, 11) is 2.05. The van der Waals surface area contributed by atoms with Crippen molar-refractivity contribution >= 4 is 23.1 Å². The third-order valence-electron chi connectivity index (χ3n) is 6.84. The first-order chi connectivity index (χ1) is 21.1. The Bertz CT molecular complexity index is 1540. The summed E-state index contributed by atoms with van der Waals surface area (Å²) in [6.07, 6.45) is -3.43. The minimum absolute atomic E-state index is 0.894. The van der Waals surface area contributed by atoms with E-state index in [9.17, 15) is 26.3 Å². The number of alkyl halides is 6. The minimum atomic E-state index is -5.08. The van der Waals surface area contributed by atoms with Crippen molar-refractivity contribution in [1.82, 2.24) is 25.4 Å². The van der Waals surface area contributed by atoms with Gasteiger partial charge in [0.2, 0.25) is 0 Å². The number of carboxylic acid groups (broad SMARTS) is 2. The fourth-order valence-corrected chi connectivity index (χ4v) is 4.53. The molecule has 0 bridgehead atoms. The standard InChI is InChI=1S/C26H29N5.2C2HF3O2/c1-18-17-23(21-11-15-28-16-12-21)7-8-24(18)26-30-29-25(31(26)2)22-5-3-19(4-6-22)20-9-13-27-14-10-20;2*3-2(4,5)1(6)7/h3-9,11,17,27-28H,10,12-16H2,1-2H3;2*(H,6,7). The molecule has 0 unspecified atom stereocenters. The van der Waals surface area contributed by atoms with Gasteiger partial charge in [0.15, 0.2) is 11.6 Å². The number of nitrogens with zero attached hydrogens (tertiary/aromatic N) is 3. The van der Waals surface area contributed by atoms with Crippen LogP contribution in [0.25, 0.3) is 33.9 Å². The van der Waals surface area contributed by atoms with Crippen molar-refractivity contribution in [2.45, 2.75) is 32.1 Å². The summed E-state index contributed by atoms with van der Waals surface area (Å²) >= 11 is 0. The molecule has 9 nitrogen and oxygen atoms in total. The maximum atomic E-state index is 10.6. The topological polar surface area (TPSA) is 129 Å². The van der Waals surface area contributed by atoms with Crippen molar-refractivity contribution in [3.05, 3.63) is 71.3 Å². The first-order valence-electron chi connectivity index (χ1n) is 13.6. The summed E-state index contributed by atoms with van der Waals surface area (Å²) in [5.74, 6) is -3.71. The lowest BCUT2D eigenvalue weighted by Gasteiger charge is -2.16. The molecule has 2 aliphatic rings. The van der Waals surface area contributed by atoms with Gasteiger partial charge in [-0.1, -0.05) is 54.6 Å². The smallest absolute Gasteiger partial charge is 0.475 e. The molecule has 0 atom stereocenters. The second-order valence-electron chi connectivity index (χ2n) is 9.99. The van der Waals surface area contributed by atoms with Crippen LogP contribution in [0.2, 0.25) is 0 Å². The summed E-state index contributed by atoms with van der Waals surface area (Å²) < 4.78 is 65.6. The van der Waals surface area contributed by atoms with E-state index in [4.69, 9.17) is 19.8 Å². The molecule has 0 aliphatic carbocycles. The Morgan fingerprint density at radius 3 is 1.58 bits per heavy atom. The van der Waals surface area contributed by atoms with Crippen LogP contribution >= 0.6 is 0 Å². The van der Waals surface area contributed by atoms with Gasteiger partial charge >= 0.3 is 24.3 Å². The number of aliphatic carboxylic acids is 2. The molecule has 5 rings (SSSR count). The predicted molar refractivity (Wildman–Crippen MR) is 155 cm³/mol. The Morgan fingerprint density at radius 2 is 1.16 bits per heavy atom. The van der Waals surface area contributed by atoms with Crippen molar-refractivity contribution < 1.29 is 46.1 Å². The molecule has 0 fully saturated rings. The van der Waals surface area contributed by atoms with E-state index in [1.54, 1.807) is 0 Å². The van der Waals surface area contributed by atoms with Gasteiger partial charge in [0.05, 0.1) is 0 Å². The monoisotopic (exact) mass is 639 g/mol. The van der Waals surface area contributed by atoms with E-state index in [1.807, 2.05) is 0 Å². The molecule has 0 spiro atoms. The van der Waals surface area contributed by atoms with Crippen molar-refractivity contribution in [3.8, 4) is 22.8 Å². The normalized spacial score (nSPS) is 15.0. The number of carboxylic acids is 2. The summed E-state index contributed by atoms with van der Waals surface area (Å²) in [5.41, 5.74) is 8.91. The second kappa shape index (κ2) is 15.0. The lowest BCUT2D eigenvalue weighted by atomic mass is 9.96. The van der Waals surface area contributed by atoms with Crippen LogP contribution in [0.5, 0.6) is 0 Å².